The molecule has 0 unspecified atom stereocenters. The summed E-state index contributed by atoms with van der Waals surface area (Å²) in [5, 5.41) is 2.85. The summed E-state index contributed by atoms with van der Waals surface area (Å²) in [4.78, 5) is 13.5. The van der Waals surface area contributed by atoms with E-state index in [9.17, 15) is 4.79 Å². The van der Waals surface area contributed by atoms with Gasteiger partial charge in [-0.1, -0.05) is 60.7 Å². The number of cyclic esters (lactones) is 1. The second kappa shape index (κ2) is 7.09. The van der Waals surface area contributed by atoms with Gasteiger partial charge in [-0.2, -0.15) is 0 Å². The minimum atomic E-state index is -0.315. The molecule has 0 saturated carbocycles. The van der Waals surface area contributed by atoms with Gasteiger partial charge < -0.3 is 10.1 Å². The lowest BCUT2D eigenvalue weighted by Gasteiger charge is -2.25. The number of ether oxygens (including phenoxy) is 1. The van der Waals surface area contributed by atoms with E-state index in [-0.39, 0.29) is 12.1 Å². The highest BCUT2D eigenvalue weighted by Gasteiger charge is 2.24. The van der Waals surface area contributed by atoms with E-state index in [4.69, 9.17) is 4.74 Å². The van der Waals surface area contributed by atoms with Gasteiger partial charge in [-0.05, 0) is 11.1 Å². The second-order valence-corrected chi connectivity index (χ2v) is 5.58. The largest absolute Gasteiger partial charge is 0.447 e. The monoisotopic (exact) mass is 296 g/mol. The van der Waals surface area contributed by atoms with E-state index in [1.165, 1.54) is 11.1 Å². The molecule has 0 spiro atoms. The maximum Gasteiger partial charge on any atom is 0.407 e. The van der Waals surface area contributed by atoms with Crippen LogP contribution in [0.4, 0.5) is 4.79 Å². The molecule has 1 N–H and O–H groups in total. The molecule has 22 heavy (non-hydrogen) atoms. The van der Waals surface area contributed by atoms with Gasteiger partial charge >= 0.3 is 6.09 Å². The van der Waals surface area contributed by atoms with Crippen molar-refractivity contribution >= 4 is 6.09 Å². The third-order valence-corrected chi connectivity index (χ3v) is 3.71. The zero-order valence-electron chi connectivity index (χ0n) is 12.4. The molecule has 2 aromatic carbocycles. The molecule has 3 rings (SSSR count). The highest BCUT2D eigenvalue weighted by atomic mass is 16.6. The summed E-state index contributed by atoms with van der Waals surface area (Å²) in [6.45, 7) is 2.92. The van der Waals surface area contributed by atoms with E-state index in [0.717, 1.165) is 19.6 Å². The normalized spacial score (nSPS) is 17.3. The Morgan fingerprint density at radius 3 is 1.95 bits per heavy atom. The molecule has 2 aromatic rings. The topological polar surface area (TPSA) is 41.6 Å². The van der Waals surface area contributed by atoms with Crippen molar-refractivity contribution in [3.63, 3.8) is 0 Å². The highest BCUT2D eigenvalue weighted by molar-refractivity contribution is 5.69. The van der Waals surface area contributed by atoms with Gasteiger partial charge in [0.25, 0.3) is 0 Å². The smallest absolute Gasteiger partial charge is 0.407 e. The van der Waals surface area contributed by atoms with Gasteiger partial charge in [0.2, 0.25) is 0 Å². The van der Waals surface area contributed by atoms with Crippen molar-refractivity contribution in [1.29, 1.82) is 0 Å². The number of benzene rings is 2. The Morgan fingerprint density at radius 1 is 0.955 bits per heavy atom. The van der Waals surface area contributed by atoms with Crippen LogP contribution in [0.2, 0.25) is 0 Å². The Hall–Kier alpha value is -2.33. The van der Waals surface area contributed by atoms with Crippen LogP contribution in [0.15, 0.2) is 60.7 Å². The minimum absolute atomic E-state index is 0.0555. The van der Waals surface area contributed by atoms with Crippen molar-refractivity contribution in [1.82, 2.24) is 10.2 Å². The predicted octanol–water partition coefficient (Wildman–Crippen LogP) is 2.80. The van der Waals surface area contributed by atoms with E-state index < -0.39 is 0 Å². The lowest BCUT2D eigenvalue weighted by Crippen LogP contribution is -2.39. The van der Waals surface area contributed by atoms with Gasteiger partial charge in [0.05, 0.1) is 6.04 Å². The van der Waals surface area contributed by atoms with Gasteiger partial charge in [-0.15, -0.1) is 0 Å². The molecule has 0 radical (unpaired) electrons. The molecule has 1 saturated heterocycles. The lowest BCUT2D eigenvalue weighted by atomic mass is 10.1. The standard InChI is InChI=1S/C18H20N2O2/c21-18-19-17(14-22-18)13-20(11-15-7-3-1-4-8-15)12-16-9-5-2-6-10-16/h1-10,17H,11-14H2,(H,19,21)/t17-/m1/s1. The van der Waals surface area contributed by atoms with Gasteiger partial charge in [0, 0.05) is 19.6 Å². The van der Waals surface area contributed by atoms with E-state index in [2.05, 4.69) is 58.7 Å². The zero-order valence-corrected chi connectivity index (χ0v) is 12.4. The van der Waals surface area contributed by atoms with Crippen LogP contribution in [-0.2, 0) is 17.8 Å². The maximum atomic E-state index is 11.2. The molecule has 4 heteroatoms. The lowest BCUT2D eigenvalue weighted by molar-refractivity contribution is 0.173. The van der Waals surface area contributed by atoms with Crippen LogP contribution in [-0.4, -0.2) is 30.2 Å². The molecule has 1 fully saturated rings. The van der Waals surface area contributed by atoms with Gasteiger partial charge in [0.15, 0.2) is 0 Å². The summed E-state index contributed by atoms with van der Waals surface area (Å²) in [7, 11) is 0. The fraction of sp³-hybridized carbons (Fsp3) is 0.278. The number of carbonyl (C=O) groups excluding carboxylic acids is 1. The number of hydrogen-bond donors (Lipinski definition) is 1. The molecule has 0 bridgehead atoms. The Bertz CT molecular complexity index is 559. The molecular formula is C18H20N2O2. The van der Waals surface area contributed by atoms with Crippen molar-refractivity contribution in [2.75, 3.05) is 13.2 Å². The molecular weight excluding hydrogens is 276 g/mol. The van der Waals surface area contributed by atoms with Gasteiger partial charge in [0.1, 0.15) is 6.61 Å². The summed E-state index contributed by atoms with van der Waals surface area (Å²) < 4.78 is 4.99. The fourth-order valence-corrected chi connectivity index (χ4v) is 2.70. The van der Waals surface area contributed by atoms with E-state index >= 15 is 0 Å². The van der Waals surface area contributed by atoms with Gasteiger partial charge in [-0.3, -0.25) is 4.90 Å². The first kappa shape index (κ1) is 14.6. The van der Waals surface area contributed by atoms with Crippen LogP contribution in [0.5, 0.6) is 0 Å². The summed E-state index contributed by atoms with van der Waals surface area (Å²) in [6, 6.07) is 20.8. The Balaban J connectivity index is 1.68. The Kier molecular flexibility index (Phi) is 4.71. The van der Waals surface area contributed by atoms with Gasteiger partial charge in [-0.25, -0.2) is 4.79 Å². The predicted molar refractivity (Wildman–Crippen MR) is 85.3 cm³/mol. The maximum absolute atomic E-state index is 11.2. The number of alkyl carbamates (subject to hydrolysis) is 1. The van der Waals surface area contributed by atoms with E-state index in [1.807, 2.05) is 12.1 Å². The number of amides is 1. The summed E-state index contributed by atoms with van der Waals surface area (Å²) in [5.74, 6) is 0. The summed E-state index contributed by atoms with van der Waals surface area (Å²) in [5.41, 5.74) is 2.53. The van der Waals surface area contributed by atoms with Crippen LogP contribution in [0, 0.1) is 0 Å². The minimum Gasteiger partial charge on any atom is -0.447 e. The quantitative estimate of drug-likeness (QED) is 0.891. The first-order valence-electron chi connectivity index (χ1n) is 7.53. The van der Waals surface area contributed by atoms with Crippen molar-refractivity contribution in [2.45, 2.75) is 19.1 Å². The van der Waals surface area contributed by atoms with Crippen LogP contribution in [0.25, 0.3) is 0 Å². The Morgan fingerprint density at radius 2 is 1.50 bits per heavy atom. The first-order valence-corrected chi connectivity index (χ1v) is 7.53. The van der Waals surface area contributed by atoms with Crippen LogP contribution < -0.4 is 5.32 Å². The molecule has 0 aliphatic carbocycles. The van der Waals surface area contributed by atoms with Crippen LogP contribution in [0.3, 0.4) is 0 Å². The van der Waals surface area contributed by atoms with E-state index in [1.54, 1.807) is 0 Å². The fourth-order valence-electron chi connectivity index (χ4n) is 2.70. The van der Waals surface area contributed by atoms with Crippen molar-refractivity contribution in [3.8, 4) is 0 Å². The molecule has 1 aliphatic heterocycles. The number of carbonyl (C=O) groups is 1. The van der Waals surface area contributed by atoms with Crippen molar-refractivity contribution < 1.29 is 9.53 Å². The van der Waals surface area contributed by atoms with Crippen LogP contribution in [0.1, 0.15) is 11.1 Å². The molecule has 0 aromatic heterocycles. The number of nitrogens with zero attached hydrogens (tertiary/aromatic N) is 1. The van der Waals surface area contributed by atoms with Crippen LogP contribution >= 0.6 is 0 Å². The number of hydrogen-bond acceptors (Lipinski definition) is 3. The zero-order chi connectivity index (χ0) is 15.2. The summed E-state index contributed by atoms with van der Waals surface area (Å²) in [6.07, 6.45) is -0.315. The van der Waals surface area contributed by atoms with E-state index in [0.29, 0.717) is 6.61 Å². The van der Waals surface area contributed by atoms with Crippen molar-refractivity contribution in [3.05, 3.63) is 71.8 Å². The molecule has 4 nitrogen and oxygen atoms in total. The SMILES string of the molecule is O=C1N[C@H](CN(Cc2ccccc2)Cc2ccccc2)CO1. The molecule has 1 aliphatic rings. The Labute approximate surface area is 130 Å². The molecule has 1 heterocycles. The average molecular weight is 296 g/mol. The molecule has 1 amide bonds. The van der Waals surface area contributed by atoms with Crippen molar-refractivity contribution in [2.24, 2.45) is 0 Å². The summed E-state index contributed by atoms with van der Waals surface area (Å²) >= 11 is 0. The molecule has 1 atom stereocenters. The third kappa shape index (κ3) is 4.09. The highest BCUT2D eigenvalue weighted by Crippen LogP contribution is 2.12. The number of rotatable bonds is 6. The first-order chi connectivity index (χ1) is 10.8. The number of nitrogens with one attached hydrogen (secondary N) is 1. The molecule has 114 valence electrons. The third-order valence-electron chi connectivity index (χ3n) is 3.71. The average Bonchev–Trinajstić information content (AvgIpc) is 2.94. The second-order valence-electron chi connectivity index (χ2n) is 5.58.